The molecule has 0 unspecified atom stereocenters. The van der Waals surface area contributed by atoms with Crippen LogP contribution in [0.3, 0.4) is 0 Å². The quantitative estimate of drug-likeness (QED) is 0.729. The van der Waals surface area contributed by atoms with E-state index in [0.29, 0.717) is 42.9 Å². The summed E-state index contributed by atoms with van der Waals surface area (Å²) in [6.07, 6.45) is 1.74. The van der Waals surface area contributed by atoms with E-state index < -0.39 is 11.9 Å². The summed E-state index contributed by atoms with van der Waals surface area (Å²) < 4.78 is 0. The van der Waals surface area contributed by atoms with Crippen molar-refractivity contribution in [2.75, 3.05) is 13.1 Å². The van der Waals surface area contributed by atoms with E-state index in [1.807, 2.05) is 13.8 Å². The maximum atomic E-state index is 12.6. The molecule has 0 spiro atoms. The fourth-order valence-electron chi connectivity index (χ4n) is 3.42. The van der Waals surface area contributed by atoms with E-state index >= 15 is 0 Å². The lowest BCUT2D eigenvalue weighted by atomic mass is 9.88. The highest BCUT2D eigenvalue weighted by molar-refractivity contribution is 6.30. The molecule has 26 heavy (non-hydrogen) atoms. The van der Waals surface area contributed by atoms with E-state index in [4.69, 9.17) is 11.6 Å². The van der Waals surface area contributed by atoms with Crippen LogP contribution in [0.5, 0.6) is 0 Å². The smallest absolute Gasteiger partial charge is 0.307 e. The number of carbonyl (C=O) groups is 3. The number of aliphatic carboxylic acids is 1. The monoisotopic (exact) mass is 379 g/mol. The van der Waals surface area contributed by atoms with Crippen molar-refractivity contribution in [2.45, 2.75) is 39.5 Å². The van der Waals surface area contributed by atoms with Crippen molar-refractivity contribution in [1.82, 2.24) is 4.90 Å². The van der Waals surface area contributed by atoms with Crippen LogP contribution < -0.4 is 0 Å². The lowest BCUT2D eigenvalue weighted by Gasteiger charge is -2.32. The highest BCUT2D eigenvalue weighted by Crippen LogP contribution is 2.24. The van der Waals surface area contributed by atoms with Gasteiger partial charge in [0.15, 0.2) is 5.78 Å². The molecule has 6 heteroatoms. The second kappa shape index (κ2) is 9.17. The number of Topliss-reactive ketones (excluding diaryl/α,β-unsaturated/α-hetero) is 1. The maximum Gasteiger partial charge on any atom is 0.307 e. The number of carbonyl (C=O) groups excluding carboxylic acids is 2. The summed E-state index contributed by atoms with van der Waals surface area (Å²) in [7, 11) is 0. The molecule has 0 saturated carbocycles. The summed E-state index contributed by atoms with van der Waals surface area (Å²) in [5, 5.41) is 9.90. The second-order valence-electron chi connectivity index (χ2n) is 7.40. The van der Waals surface area contributed by atoms with Gasteiger partial charge >= 0.3 is 5.97 Å². The van der Waals surface area contributed by atoms with E-state index in [1.54, 1.807) is 29.2 Å². The molecule has 0 aliphatic carbocycles. The standard InChI is InChI=1S/C20H26ClNO4/c1-13(2)11-16(20(25)26)12-18(23)22-9-7-15(8-10-22)19(24)14-3-5-17(21)6-4-14/h3-6,13,15-16H,7-12H2,1-2H3,(H,25,26)/t16-/m0/s1. The third kappa shape index (κ3) is 5.56. The van der Waals surface area contributed by atoms with Gasteiger partial charge in [-0.2, -0.15) is 0 Å². The van der Waals surface area contributed by atoms with Gasteiger partial charge in [0.2, 0.25) is 5.91 Å². The molecule has 1 heterocycles. The van der Waals surface area contributed by atoms with E-state index in [1.165, 1.54) is 0 Å². The van der Waals surface area contributed by atoms with Gasteiger partial charge in [0.05, 0.1) is 5.92 Å². The largest absolute Gasteiger partial charge is 0.481 e. The number of nitrogens with zero attached hydrogens (tertiary/aromatic N) is 1. The highest BCUT2D eigenvalue weighted by Gasteiger charge is 2.30. The average molecular weight is 380 g/mol. The average Bonchev–Trinajstić information content (AvgIpc) is 2.61. The minimum Gasteiger partial charge on any atom is -0.481 e. The van der Waals surface area contributed by atoms with Crippen LogP contribution in [-0.2, 0) is 9.59 Å². The molecule has 1 amide bonds. The van der Waals surface area contributed by atoms with E-state index in [2.05, 4.69) is 0 Å². The Hall–Kier alpha value is -1.88. The van der Waals surface area contributed by atoms with Gasteiger partial charge in [-0.1, -0.05) is 25.4 Å². The van der Waals surface area contributed by atoms with Crippen LogP contribution in [0.4, 0.5) is 0 Å². The Kier molecular flexibility index (Phi) is 7.21. The van der Waals surface area contributed by atoms with Gasteiger partial charge in [-0.3, -0.25) is 14.4 Å². The van der Waals surface area contributed by atoms with E-state index in [0.717, 1.165) is 0 Å². The molecule has 1 fully saturated rings. The van der Waals surface area contributed by atoms with Crippen LogP contribution in [0.2, 0.25) is 5.02 Å². The number of hydrogen-bond donors (Lipinski definition) is 1. The lowest BCUT2D eigenvalue weighted by molar-refractivity contribution is -0.146. The first kappa shape index (κ1) is 20.4. The number of benzene rings is 1. The zero-order chi connectivity index (χ0) is 19.3. The van der Waals surface area contributed by atoms with Gasteiger partial charge in [0.1, 0.15) is 0 Å². The Bertz CT molecular complexity index is 648. The molecule has 0 radical (unpaired) electrons. The van der Waals surface area contributed by atoms with Crippen LogP contribution >= 0.6 is 11.6 Å². The molecule has 1 aliphatic heterocycles. The number of rotatable bonds is 7. The van der Waals surface area contributed by atoms with Crippen molar-refractivity contribution >= 4 is 29.3 Å². The summed E-state index contributed by atoms with van der Waals surface area (Å²) in [6, 6.07) is 6.86. The Labute approximate surface area is 159 Å². The lowest BCUT2D eigenvalue weighted by Crippen LogP contribution is -2.41. The van der Waals surface area contributed by atoms with Gasteiger partial charge in [0, 0.05) is 36.0 Å². The number of hydrogen-bond acceptors (Lipinski definition) is 3. The van der Waals surface area contributed by atoms with Crippen molar-refractivity contribution < 1.29 is 19.5 Å². The summed E-state index contributed by atoms with van der Waals surface area (Å²) >= 11 is 5.85. The SMILES string of the molecule is CC(C)C[C@@H](CC(=O)N1CCC(C(=O)c2ccc(Cl)cc2)CC1)C(=O)O. The number of amides is 1. The summed E-state index contributed by atoms with van der Waals surface area (Å²) in [5.74, 6) is -1.49. The van der Waals surface area contributed by atoms with Crippen LogP contribution in [0, 0.1) is 17.8 Å². The number of likely N-dealkylation sites (tertiary alicyclic amines) is 1. The molecular formula is C20H26ClNO4. The molecule has 1 saturated heterocycles. The molecule has 142 valence electrons. The molecule has 1 atom stereocenters. The van der Waals surface area contributed by atoms with Gasteiger partial charge in [-0.05, 0) is 49.4 Å². The molecule has 0 aromatic heterocycles. The fourth-order valence-corrected chi connectivity index (χ4v) is 3.55. The molecule has 0 bridgehead atoms. The van der Waals surface area contributed by atoms with Gasteiger partial charge in [-0.25, -0.2) is 0 Å². The number of carboxylic acids is 1. The van der Waals surface area contributed by atoms with Gasteiger partial charge in [0.25, 0.3) is 0 Å². The Morgan fingerprint density at radius 1 is 1.15 bits per heavy atom. The van der Waals surface area contributed by atoms with Crippen LogP contribution in [-0.4, -0.2) is 40.8 Å². The van der Waals surface area contributed by atoms with Crippen LogP contribution in [0.25, 0.3) is 0 Å². The molecule has 1 aromatic rings. The zero-order valence-corrected chi connectivity index (χ0v) is 16.0. The number of halogens is 1. The highest BCUT2D eigenvalue weighted by atomic mass is 35.5. The second-order valence-corrected chi connectivity index (χ2v) is 7.83. The van der Waals surface area contributed by atoms with E-state index in [-0.39, 0.29) is 29.9 Å². The minimum atomic E-state index is -0.917. The number of ketones is 1. The van der Waals surface area contributed by atoms with Crippen molar-refractivity contribution in [2.24, 2.45) is 17.8 Å². The summed E-state index contributed by atoms with van der Waals surface area (Å²) in [6.45, 7) is 4.90. The summed E-state index contributed by atoms with van der Waals surface area (Å²) in [4.78, 5) is 38.0. The topological polar surface area (TPSA) is 74.7 Å². The minimum absolute atomic E-state index is 0.0311. The molecule has 2 rings (SSSR count). The van der Waals surface area contributed by atoms with Crippen molar-refractivity contribution in [3.63, 3.8) is 0 Å². The molecular weight excluding hydrogens is 354 g/mol. The molecule has 5 nitrogen and oxygen atoms in total. The maximum absolute atomic E-state index is 12.6. The first-order valence-corrected chi connectivity index (χ1v) is 9.46. The third-order valence-electron chi connectivity index (χ3n) is 4.87. The number of carboxylic acid groups (broad SMARTS) is 1. The molecule has 1 N–H and O–H groups in total. The predicted molar refractivity (Wildman–Crippen MR) is 100 cm³/mol. The van der Waals surface area contributed by atoms with Crippen LogP contribution in [0.15, 0.2) is 24.3 Å². The molecule has 1 aromatic carbocycles. The van der Waals surface area contributed by atoms with Gasteiger partial charge in [-0.15, -0.1) is 0 Å². The van der Waals surface area contributed by atoms with Crippen molar-refractivity contribution in [3.05, 3.63) is 34.9 Å². The predicted octanol–water partition coefficient (Wildman–Crippen LogP) is 3.90. The first-order chi connectivity index (χ1) is 12.3. The van der Waals surface area contributed by atoms with Crippen molar-refractivity contribution in [1.29, 1.82) is 0 Å². The third-order valence-corrected chi connectivity index (χ3v) is 5.13. The van der Waals surface area contributed by atoms with Gasteiger partial charge < -0.3 is 10.0 Å². The fraction of sp³-hybridized carbons (Fsp3) is 0.550. The zero-order valence-electron chi connectivity index (χ0n) is 15.3. The van der Waals surface area contributed by atoms with Crippen molar-refractivity contribution in [3.8, 4) is 0 Å². The molecule has 1 aliphatic rings. The number of piperidine rings is 1. The normalized spacial score (nSPS) is 16.5. The Balaban J connectivity index is 1.88. The first-order valence-electron chi connectivity index (χ1n) is 9.08. The Morgan fingerprint density at radius 3 is 2.23 bits per heavy atom. The van der Waals surface area contributed by atoms with E-state index in [9.17, 15) is 19.5 Å². The summed E-state index contributed by atoms with van der Waals surface area (Å²) in [5.41, 5.74) is 0.641. The Morgan fingerprint density at radius 2 is 1.73 bits per heavy atom. The van der Waals surface area contributed by atoms with Crippen LogP contribution in [0.1, 0.15) is 49.9 Å².